The number of carbonyl (C=O) groups is 1. The lowest BCUT2D eigenvalue weighted by Crippen LogP contribution is -2.20. The van der Waals surface area contributed by atoms with Crippen LogP contribution in [-0.2, 0) is 6.42 Å². The standard InChI is InChI=1S/C20H17NO/c22-20(14-7-2-1-3-8-14)17-11-6-10-16-13-15-9-4-5-12-18(15)21-19(16)17/h1-5,7-9,12-13,17H,6,10-11H2. The fraction of sp³-hybridized carbons (Fsp3) is 0.200. The van der Waals surface area contributed by atoms with Crippen molar-refractivity contribution in [1.82, 2.24) is 4.98 Å². The first-order chi connectivity index (χ1) is 10.8. The Bertz CT molecular complexity index is 839. The van der Waals surface area contributed by atoms with Crippen LogP contribution in [0.3, 0.4) is 0 Å². The summed E-state index contributed by atoms with van der Waals surface area (Å²) in [6.45, 7) is 0. The zero-order valence-electron chi connectivity index (χ0n) is 12.3. The molecule has 2 heteroatoms. The Morgan fingerprint density at radius 3 is 2.64 bits per heavy atom. The SMILES string of the molecule is O=C(c1ccccc1)C1CCCc2cc3ccccc3nc21. The van der Waals surface area contributed by atoms with Gasteiger partial charge in [-0.2, -0.15) is 0 Å². The number of nitrogens with zero attached hydrogens (tertiary/aromatic N) is 1. The molecule has 1 aromatic heterocycles. The first-order valence-corrected chi connectivity index (χ1v) is 7.81. The number of ketones is 1. The van der Waals surface area contributed by atoms with Gasteiger partial charge < -0.3 is 0 Å². The summed E-state index contributed by atoms with van der Waals surface area (Å²) in [6.07, 6.45) is 2.97. The van der Waals surface area contributed by atoms with Gasteiger partial charge in [0.25, 0.3) is 0 Å². The Morgan fingerprint density at radius 1 is 1.00 bits per heavy atom. The first-order valence-electron chi connectivity index (χ1n) is 7.81. The summed E-state index contributed by atoms with van der Waals surface area (Å²) in [4.78, 5) is 17.7. The van der Waals surface area contributed by atoms with Gasteiger partial charge in [0.05, 0.1) is 17.1 Å². The molecule has 1 heterocycles. The third kappa shape index (κ3) is 2.21. The highest BCUT2D eigenvalue weighted by Crippen LogP contribution is 2.34. The van der Waals surface area contributed by atoms with Crippen molar-refractivity contribution in [2.45, 2.75) is 25.2 Å². The van der Waals surface area contributed by atoms with Gasteiger partial charge >= 0.3 is 0 Å². The number of hydrogen-bond acceptors (Lipinski definition) is 2. The maximum Gasteiger partial charge on any atom is 0.171 e. The Hall–Kier alpha value is -2.48. The number of hydrogen-bond donors (Lipinski definition) is 0. The van der Waals surface area contributed by atoms with Crippen LogP contribution >= 0.6 is 0 Å². The quantitative estimate of drug-likeness (QED) is 0.648. The molecule has 4 rings (SSSR count). The average molecular weight is 287 g/mol. The fourth-order valence-corrected chi connectivity index (χ4v) is 3.37. The van der Waals surface area contributed by atoms with Crippen molar-refractivity contribution in [3.8, 4) is 0 Å². The number of rotatable bonds is 2. The molecule has 0 aliphatic heterocycles. The molecule has 22 heavy (non-hydrogen) atoms. The predicted octanol–water partition coefficient (Wildman–Crippen LogP) is 4.54. The molecule has 0 saturated carbocycles. The van der Waals surface area contributed by atoms with E-state index in [-0.39, 0.29) is 11.7 Å². The van der Waals surface area contributed by atoms with Crippen molar-refractivity contribution in [3.05, 3.63) is 77.5 Å². The summed E-state index contributed by atoms with van der Waals surface area (Å²) in [5.41, 5.74) is 3.99. The van der Waals surface area contributed by atoms with E-state index in [0.29, 0.717) is 0 Å². The molecule has 0 radical (unpaired) electrons. The van der Waals surface area contributed by atoms with E-state index in [1.807, 2.05) is 48.5 Å². The van der Waals surface area contributed by atoms with E-state index in [4.69, 9.17) is 4.98 Å². The van der Waals surface area contributed by atoms with Gasteiger partial charge in [0, 0.05) is 10.9 Å². The number of carbonyl (C=O) groups excluding carboxylic acids is 1. The van der Waals surface area contributed by atoms with E-state index in [0.717, 1.165) is 41.4 Å². The summed E-state index contributed by atoms with van der Waals surface area (Å²) in [7, 11) is 0. The molecule has 0 N–H and O–H groups in total. The van der Waals surface area contributed by atoms with Crippen molar-refractivity contribution in [1.29, 1.82) is 0 Å². The van der Waals surface area contributed by atoms with Crippen LogP contribution in [0.15, 0.2) is 60.7 Å². The normalized spacial score (nSPS) is 17.2. The number of pyridine rings is 1. The van der Waals surface area contributed by atoms with Crippen LogP contribution in [0, 0.1) is 0 Å². The smallest absolute Gasteiger partial charge is 0.171 e. The summed E-state index contributed by atoms with van der Waals surface area (Å²) >= 11 is 0. The van der Waals surface area contributed by atoms with Crippen molar-refractivity contribution in [2.75, 3.05) is 0 Å². The molecule has 3 aromatic rings. The second-order valence-corrected chi connectivity index (χ2v) is 5.90. The highest BCUT2D eigenvalue weighted by Gasteiger charge is 2.28. The molecule has 1 aliphatic carbocycles. The lowest BCUT2D eigenvalue weighted by Gasteiger charge is -2.24. The number of fused-ring (bicyclic) bond motifs is 2. The van der Waals surface area contributed by atoms with E-state index in [1.54, 1.807) is 0 Å². The summed E-state index contributed by atoms with van der Waals surface area (Å²) in [6, 6.07) is 19.9. The van der Waals surface area contributed by atoms with Crippen molar-refractivity contribution in [2.24, 2.45) is 0 Å². The minimum absolute atomic E-state index is 0.101. The van der Waals surface area contributed by atoms with Crippen molar-refractivity contribution < 1.29 is 4.79 Å². The number of benzene rings is 2. The second-order valence-electron chi connectivity index (χ2n) is 5.90. The molecule has 0 amide bonds. The topological polar surface area (TPSA) is 30.0 Å². The molecule has 2 nitrogen and oxygen atoms in total. The minimum atomic E-state index is -0.101. The minimum Gasteiger partial charge on any atom is -0.293 e. The number of aryl methyl sites for hydroxylation is 1. The van der Waals surface area contributed by atoms with Crippen LogP contribution in [0.2, 0.25) is 0 Å². The van der Waals surface area contributed by atoms with Gasteiger partial charge in [-0.05, 0) is 37.0 Å². The van der Waals surface area contributed by atoms with Gasteiger partial charge in [0.1, 0.15) is 0 Å². The predicted molar refractivity (Wildman–Crippen MR) is 88.2 cm³/mol. The van der Waals surface area contributed by atoms with E-state index >= 15 is 0 Å². The Balaban J connectivity index is 1.81. The summed E-state index contributed by atoms with van der Waals surface area (Å²) in [5.74, 6) is 0.0973. The lowest BCUT2D eigenvalue weighted by molar-refractivity contribution is 0.0949. The van der Waals surface area contributed by atoms with Crippen LogP contribution < -0.4 is 0 Å². The maximum atomic E-state index is 12.9. The van der Waals surface area contributed by atoms with Gasteiger partial charge in [0.2, 0.25) is 0 Å². The highest BCUT2D eigenvalue weighted by molar-refractivity contribution is 6.01. The monoisotopic (exact) mass is 287 g/mol. The molecule has 1 aliphatic rings. The van der Waals surface area contributed by atoms with E-state index in [9.17, 15) is 4.79 Å². The molecule has 0 fully saturated rings. The molecule has 108 valence electrons. The first kappa shape index (κ1) is 13.2. The number of para-hydroxylation sites is 1. The molecule has 1 unspecified atom stereocenters. The van der Waals surface area contributed by atoms with Gasteiger partial charge in [-0.1, -0.05) is 48.5 Å². The summed E-state index contributed by atoms with van der Waals surface area (Å²) in [5, 5.41) is 1.16. The fourth-order valence-electron chi connectivity index (χ4n) is 3.37. The van der Waals surface area contributed by atoms with Gasteiger partial charge in [-0.25, -0.2) is 0 Å². The van der Waals surface area contributed by atoms with Crippen LogP contribution in [0.25, 0.3) is 10.9 Å². The zero-order valence-corrected chi connectivity index (χ0v) is 12.3. The largest absolute Gasteiger partial charge is 0.293 e. The highest BCUT2D eigenvalue weighted by atomic mass is 16.1. The molecular formula is C20H17NO. The van der Waals surface area contributed by atoms with E-state index < -0.39 is 0 Å². The van der Waals surface area contributed by atoms with Gasteiger partial charge in [0.15, 0.2) is 5.78 Å². The number of aromatic nitrogens is 1. The molecular weight excluding hydrogens is 270 g/mol. The maximum absolute atomic E-state index is 12.9. The Labute approximate surface area is 129 Å². The summed E-state index contributed by atoms with van der Waals surface area (Å²) < 4.78 is 0. The van der Waals surface area contributed by atoms with Crippen LogP contribution in [0.5, 0.6) is 0 Å². The van der Waals surface area contributed by atoms with E-state index in [1.165, 1.54) is 5.56 Å². The van der Waals surface area contributed by atoms with Gasteiger partial charge in [-0.15, -0.1) is 0 Å². The Morgan fingerprint density at radius 2 is 1.77 bits per heavy atom. The lowest BCUT2D eigenvalue weighted by atomic mass is 9.81. The zero-order chi connectivity index (χ0) is 14.9. The second kappa shape index (κ2) is 5.38. The molecule has 0 saturated heterocycles. The third-order valence-corrected chi connectivity index (χ3v) is 4.48. The number of Topliss-reactive ketones (excluding diaryl/α,β-unsaturated/α-hetero) is 1. The van der Waals surface area contributed by atoms with Crippen LogP contribution in [0.1, 0.15) is 40.4 Å². The molecule has 2 aromatic carbocycles. The van der Waals surface area contributed by atoms with E-state index in [2.05, 4.69) is 12.1 Å². The Kier molecular flexibility index (Phi) is 3.23. The van der Waals surface area contributed by atoms with Crippen molar-refractivity contribution in [3.63, 3.8) is 0 Å². The molecule has 0 spiro atoms. The third-order valence-electron chi connectivity index (χ3n) is 4.48. The van der Waals surface area contributed by atoms with Gasteiger partial charge in [-0.3, -0.25) is 9.78 Å². The van der Waals surface area contributed by atoms with Crippen molar-refractivity contribution >= 4 is 16.7 Å². The van der Waals surface area contributed by atoms with Crippen LogP contribution in [-0.4, -0.2) is 10.8 Å². The molecule has 0 bridgehead atoms. The average Bonchev–Trinajstić information content (AvgIpc) is 2.59. The van der Waals surface area contributed by atoms with Crippen LogP contribution in [0.4, 0.5) is 0 Å². The molecule has 1 atom stereocenters.